The van der Waals surface area contributed by atoms with Crippen LogP contribution in [-0.4, -0.2) is 24.5 Å². The number of nitrogens with two attached hydrogens (primary N) is 1. The monoisotopic (exact) mass is 390 g/mol. The van der Waals surface area contributed by atoms with E-state index < -0.39 is 11.9 Å². The van der Waals surface area contributed by atoms with Crippen molar-refractivity contribution in [2.75, 3.05) is 6.61 Å². The maximum Gasteiger partial charge on any atom is 0.246 e. The summed E-state index contributed by atoms with van der Waals surface area (Å²) in [6.07, 6.45) is 0.333. The van der Waals surface area contributed by atoms with Gasteiger partial charge in [0, 0.05) is 10.9 Å². The lowest BCUT2D eigenvalue weighted by Gasteiger charge is -2.16. The Kier molecular flexibility index (Phi) is 6.96. The Bertz CT molecular complexity index is 692. The molecule has 0 saturated heterocycles. The first kappa shape index (κ1) is 18.2. The molecule has 2 aromatic rings. The van der Waals surface area contributed by atoms with E-state index in [2.05, 4.69) is 21.2 Å². The van der Waals surface area contributed by atoms with Gasteiger partial charge in [-0.1, -0.05) is 58.4 Å². The fourth-order valence-electron chi connectivity index (χ4n) is 2.19. The summed E-state index contributed by atoms with van der Waals surface area (Å²) < 4.78 is 6.26. The van der Waals surface area contributed by atoms with Gasteiger partial charge in [-0.25, -0.2) is 0 Å². The molecule has 0 aromatic heterocycles. The fraction of sp³-hybridized carbons (Fsp3) is 0.222. The van der Waals surface area contributed by atoms with E-state index in [9.17, 15) is 9.59 Å². The highest BCUT2D eigenvalue weighted by atomic mass is 79.9. The van der Waals surface area contributed by atoms with Crippen molar-refractivity contribution in [3.05, 3.63) is 70.2 Å². The molecule has 3 N–H and O–H groups in total. The SMILES string of the molecule is NC(=O)[C@@H](Cc1cccc(Br)c1)NC(=O)COCc1ccccc1. The van der Waals surface area contributed by atoms with E-state index in [0.29, 0.717) is 13.0 Å². The third-order valence-corrected chi connectivity index (χ3v) is 3.85. The zero-order valence-electron chi connectivity index (χ0n) is 13.1. The number of nitrogens with one attached hydrogen (secondary N) is 1. The Morgan fingerprint density at radius 1 is 1.08 bits per heavy atom. The van der Waals surface area contributed by atoms with Crippen LogP contribution < -0.4 is 11.1 Å². The van der Waals surface area contributed by atoms with Crippen LogP contribution >= 0.6 is 15.9 Å². The quantitative estimate of drug-likeness (QED) is 0.724. The number of halogens is 1. The van der Waals surface area contributed by atoms with Crippen LogP contribution in [-0.2, 0) is 27.4 Å². The Balaban J connectivity index is 1.83. The topological polar surface area (TPSA) is 81.4 Å². The summed E-state index contributed by atoms with van der Waals surface area (Å²) in [5.41, 5.74) is 7.26. The highest BCUT2D eigenvalue weighted by molar-refractivity contribution is 9.10. The zero-order valence-corrected chi connectivity index (χ0v) is 14.7. The van der Waals surface area contributed by atoms with Gasteiger partial charge in [0.15, 0.2) is 0 Å². The predicted octanol–water partition coefficient (Wildman–Crippen LogP) is 2.18. The van der Waals surface area contributed by atoms with Crippen molar-refractivity contribution >= 4 is 27.7 Å². The molecule has 0 aliphatic heterocycles. The minimum Gasteiger partial charge on any atom is -0.368 e. The van der Waals surface area contributed by atoms with Crippen LogP contribution in [0.15, 0.2) is 59.1 Å². The predicted molar refractivity (Wildman–Crippen MR) is 95.1 cm³/mol. The van der Waals surface area contributed by atoms with Crippen LogP contribution in [0.25, 0.3) is 0 Å². The van der Waals surface area contributed by atoms with Crippen molar-refractivity contribution in [2.24, 2.45) is 5.73 Å². The second-order valence-corrected chi connectivity index (χ2v) is 6.25. The van der Waals surface area contributed by atoms with Crippen molar-refractivity contribution in [3.63, 3.8) is 0 Å². The Hall–Kier alpha value is -2.18. The van der Waals surface area contributed by atoms with E-state index in [1.54, 1.807) is 0 Å². The number of carbonyl (C=O) groups excluding carboxylic acids is 2. The molecule has 2 amide bonds. The Morgan fingerprint density at radius 2 is 1.79 bits per heavy atom. The molecule has 126 valence electrons. The summed E-state index contributed by atoms with van der Waals surface area (Å²) in [5, 5.41) is 2.62. The van der Waals surface area contributed by atoms with E-state index in [-0.39, 0.29) is 12.5 Å². The molecule has 24 heavy (non-hydrogen) atoms. The molecule has 0 heterocycles. The van der Waals surface area contributed by atoms with Gasteiger partial charge in [0.05, 0.1) is 6.61 Å². The molecule has 0 spiro atoms. The smallest absolute Gasteiger partial charge is 0.246 e. The first-order valence-corrected chi connectivity index (χ1v) is 8.28. The maximum absolute atomic E-state index is 12.0. The molecule has 2 rings (SSSR count). The molecule has 1 atom stereocenters. The van der Waals surface area contributed by atoms with Crippen LogP contribution in [0.5, 0.6) is 0 Å². The van der Waals surface area contributed by atoms with Gasteiger partial charge in [-0.15, -0.1) is 0 Å². The highest BCUT2D eigenvalue weighted by Gasteiger charge is 2.18. The fourth-order valence-corrected chi connectivity index (χ4v) is 2.64. The van der Waals surface area contributed by atoms with Crippen LogP contribution in [0.4, 0.5) is 0 Å². The van der Waals surface area contributed by atoms with Crippen molar-refractivity contribution in [3.8, 4) is 0 Å². The summed E-state index contributed by atoms with van der Waals surface area (Å²) >= 11 is 3.37. The van der Waals surface area contributed by atoms with E-state index in [0.717, 1.165) is 15.6 Å². The molecule has 6 heteroatoms. The molecule has 2 aromatic carbocycles. The second kappa shape index (κ2) is 9.20. The summed E-state index contributed by atoms with van der Waals surface area (Å²) in [7, 11) is 0. The number of rotatable bonds is 8. The molecule has 0 unspecified atom stereocenters. The number of ether oxygens (including phenoxy) is 1. The van der Waals surface area contributed by atoms with Gasteiger partial charge >= 0.3 is 0 Å². The molecular weight excluding hydrogens is 372 g/mol. The molecular formula is C18H19BrN2O3. The number of carbonyl (C=O) groups is 2. The minimum atomic E-state index is -0.771. The average Bonchev–Trinajstić information content (AvgIpc) is 2.55. The largest absolute Gasteiger partial charge is 0.368 e. The average molecular weight is 391 g/mol. The van der Waals surface area contributed by atoms with Crippen molar-refractivity contribution < 1.29 is 14.3 Å². The lowest BCUT2D eigenvalue weighted by molar-refractivity contribution is -0.130. The standard InChI is InChI=1S/C18H19BrN2O3/c19-15-8-4-7-14(9-15)10-16(18(20)23)21-17(22)12-24-11-13-5-2-1-3-6-13/h1-9,16H,10-12H2,(H2,20,23)(H,21,22)/t16-/m1/s1. The van der Waals surface area contributed by atoms with Gasteiger partial charge in [-0.3, -0.25) is 9.59 Å². The number of benzene rings is 2. The molecule has 0 bridgehead atoms. The van der Waals surface area contributed by atoms with Crippen molar-refractivity contribution in [1.82, 2.24) is 5.32 Å². The first-order valence-electron chi connectivity index (χ1n) is 7.49. The third-order valence-electron chi connectivity index (χ3n) is 3.35. The van der Waals surface area contributed by atoms with E-state index in [1.807, 2.05) is 54.6 Å². The molecule has 0 radical (unpaired) electrons. The first-order chi connectivity index (χ1) is 11.5. The normalized spacial score (nSPS) is 11.7. The number of hydrogen-bond donors (Lipinski definition) is 2. The van der Waals surface area contributed by atoms with Crippen LogP contribution in [0.3, 0.4) is 0 Å². The van der Waals surface area contributed by atoms with Gasteiger partial charge in [0.25, 0.3) is 0 Å². The third kappa shape index (κ3) is 6.14. The molecule has 0 saturated carbocycles. The zero-order chi connectivity index (χ0) is 17.4. The summed E-state index contributed by atoms with van der Waals surface area (Å²) in [5.74, 6) is -0.948. The van der Waals surface area contributed by atoms with Gasteiger partial charge in [-0.2, -0.15) is 0 Å². The Labute approximate surface area is 149 Å². The Morgan fingerprint density at radius 3 is 2.46 bits per heavy atom. The highest BCUT2D eigenvalue weighted by Crippen LogP contribution is 2.13. The molecule has 5 nitrogen and oxygen atoms in total. The van der Waals surface area contributed by atoms with Crippen LogP contribution in [0, 0.1) is 0 Å². The van der Waals surface area contributed by atoms with Crippen LogP contribution in [0.2, 0.25) is 0 Å². The van der Waals surface area contributed by atoms with Crippen molar-refractivity contribution in [2.45, 2.75) is 19.1 Å². The van der Waals surface area contributed by atoms with Crippen LogP contribution in [0.1, 0.15) is 11.1 Å². The lowest BCUT2D eigenvalue weighted by atomic mass is 10.1. The van der Waals surface area contributed by atoms with Gasteiger partial charge in [0.1, 0.15) is 12.6 Å². The molecule has 0 aliphatic rings. The maximum atomic E-state index is 12.0. The van der Waals surface area contributed by atoms with Gasteiger partial charge in [0.2, 0.25) is 11.8 Å². The minimum absolute atomic E-state index is 0.128. The van der Waals surface area contributed by atoms with E-state index >= 15 is 0 Å². The number of hydrogen-bond acceptors (Lipinski definition) is 3. The summed E-state index contributed by atoms with van der Waals surface area (Å²) in [4.78, 5) is 23.5. The number of primary amides is 1. The molecule has 0 fully saturated rings. The van der Waals surface area contributed by atoms with E-state index in [1.165, 1.54) is 0 Å². The van der Waals surface area contributed by atoms with Gasteiger partial charge in [-0.05, 0) is 23.3 Å². The second-order valence-electron chi connectivity index (χ2n) is 5.33. The van der Waals surface area contributed by atoms with Gasteiger partial charge < -0.3 is 15.8 Å². The molecule has 0 aliphatic carbocycles. The van der Waals surface area contributed by atoms with Crippen molar-refractivity contribution in [1.29, 1.82) is 0 Å². The summed E-state index contributed by atoms with van der Waals surface area (Å²) in [6.45, 7) is 0.207. The lowest BCUT2D eigenvalue weighted by Crippen LogP contribution is -2.47. The summed E-state index contributed by atoms with van der Waals surface area (Å²) in [6, 6.07) is 16.3. The number of amides is 2. The van der Waals surface area contributed by atoms with E-state index in [4.69, 9.17) is 10.5 Å².